The summed E-state index contributed by atoms with van der Waals surface area (Å²) in [6.07, 6.45) is 0. The van der Waals surface area contributed by atoms with E-state index >= 15 is 0 Å². The van der Waals surface area contributed by atoms with Crippen LogP contribution in [-0.2, 0) is 16.6 Å². The third-order valence-corrected chi connectivity index (χ3v) is 6.20. The van der Waals surface area contributed by atoms with Gasteiger partial charge in [0.25, 0.3) is 10.0 Å². The molecule has 0 radical (unpaired) electrons. The Morgan fingerprint density at radius 3 is 2.68 bits per heavy atom. The van der Waals surface area contributed by atoms with E-state index in [0.717, 1.165) is 21.4 Å². The standard InChI is InChI=1S/C11H12BrN3O2S2/c1-7-10(18-11(13)15-7)19(16,17)14-6-8-4-2-3-5-9(8)12/h2-5,14H,6H2,1H3,(H2,13,15). The maximum absolute atomic E-state index is 12.1. The second-order valence-electron chi connectivity index (χ2n) is 3.84. The highest BCUT2D eigenvalue weighted by molar-refractivity contribution is 9.10. The molecule has 3 N–H and O–H groups in total. The minimum Gasteiger partial charge on any atom is -0.375 e. The Kier molecular flexibility index (Phi) is 4.24. The number of nitrogens with one attached hydrogen (secondary N) is 1. The number of thiazole rings is 1. The van der Waals surface area contributed by atoms with Crippen molar-refractivity contribution in [1.82, 2.24) is 9.71 Å². The Balaban J connectivity index is 2.19. The Morgan fingerprint density at radius 1 is 1.42 bits per heavy atom. The lowest BCUT2D eigenvalue weighted by atomic mass is 10.2. The Hall–Kier alpha value is -0.960. The number of halogens is 1. The fourth-order valence-electron chi connectivity index (χ4n) is 1.53. The lowest BCUT2D eigenvalue weighted by Crippen LogP contribution is -2.23. The highest BCUT2D eigenvalue weighted by atomic mass is 79.9. The topological polar surface area (TPSA) is 85.1 Å². The molecular weight excluding hydrogens is 350 g/mol. The minimum absolute atomic E-state index is 0.164. The number of nitrogens with two attached hydrogens (primary N) is 1. The Bertz CT molecular complexity index is 698. The van der Waals surface area contributed by atoms with Gasteiger partial charge in [-0.15, -0.1) is 0 Å². The molecule has 0 aliphatic heterocycles. The molecule has 0 aliphatic rings. The number of anilines is 1. The number of rotatable bonds is 4. The van der Waals surface area contributed by atoms with Crippen molar-refractivity contribution < 1.29 is 8.42 Å². The number of benzene rings is 1. The molecule has 0 atom stereocenters. The zero-order valence-corrected chi connectivity index (χ0v) is 13.3. The molecule has 2 aromatic rings. The molecule has 0 amide bonds. The molecule has 1 aromatic heterocycles. The third kappa shape index (κ3) is 3.33. The molecule has 1 heterocycles. The van der Waals surface area contributed by atoms with Gasteiger partial charge in [-0.3, -0.25) is 0 Å². The molecule has 0 bridgehead atoms. The number of hydrogen-bond donors (Lipinski definition) is 2. The largest absolute Gasteiger partial charge is 0.375 e. The summed E-state index contributed by atoms with van der Waals surface area (Å²) in [5, 5.41) is 0.249. The molecule has 1 aromatic carbocycles. The second kappa shape index (κ2) is 5.58. The summed E-state index contributed by atoms with van der Waals surface area (Å²) in [6.45, 7) is 1.83. The van der Waals surface area contributed by atoms with Crippen LogP contribution in [0.15, 0.2) is 32.9 Å². The summed E-state index contributed by atoms with van der Waals surface area (Å²) in [5.74, 6) is 0. The van der Waals surface area contributed by atoms with Crippen LogP contribution in [0, 0.1) is 6.92 Å². The van der Waals surface area contributed by atoms with Crippen LogP contribution >= 0.6 is 27.3 Å². The fraction of sp³-hybridized carbons (Fsp3) is 0.182. The van der Waals surface area contributed by atoms with E-state index in [2.05, 4.69) is 25.6 Å². The molecule has 2 rings (SSSR count). The Labute approximate surface area is 124 Å². The van der Waals surface area contributed by atoms with Crippen LogP contribution in [-0.4, -0.2) is 13.4 Å². The lowest BCUT2D eigenvalue weighted by Gasteiger charge is -2.07. The van der Waals surface area contributed by atoms with Crippen molar-refractivity contribution in [2.75, 3.05) is 5.73 Å². The third-order valence-electron chi connectivity index (χ3n) is 2.43. The van der Waals surface area contributed by atoms with Gasteiger partial charge in [0.05, 0.1) is 5.69 Å². The van der Waals surface area contributed by atoms with Crippen LogP contribution < -0.4 is 10.5 Å². The van der Waals surface area contributed by atoms with E-state index in [4.69, 9.17) is 5.73 Å². The van der Waals surface area contributed by atoms with Crippen molar-refractivity contribution in [3.63, 3.8) is 0 Å². The Morgan fingerprint density at radius 2 is 2.11 bits per heavy atom. The molecule has 8 heteroatoms. The van der Waals surface area contributed by atoms with Gasteiger partial charge in [0.1, 0.15) is 0 Å². The van der Waals surface area contributed by atoms with Gasteiger partial charge in [-0.05, 0) is 18.6 Å². The fourth-order valence-corrected chi connectivity index (χ4v) is 4.31. The van der Waals surface area contributed by atoms with Crippen LogP contribution in [0.2, 0.25) is 0 Å². The zero-order valence-electron chi connectivity index (χ0n) is 10.1. The highest BCUT2D eigenvalue weighted by Crippen LogP contribution is 2.25. The molecule has 102 valence electrons. The molecule has 5 nitrogen and oxygen atoms in total. The van der Waals surface area contributed by atoms with Gasteiger partial charge < -0.3 is 5.73 Å². The molecule has 0 saturated heterocycles. The average Bonchev–Trinajstić information content (AvgIpc) is 2.68. The lowest BCUT2D eigenvalue weighted by molar-refractivity contribution is 0.582. The van der Waals surface area contributed by atoms with Crippen molar-refractivity contribution in [1.29, 1.82) is 0 Å². The van der Waals surface area contributed by atoms with Crippen molar-refractivity contribution in [2.45, 2.75) is 17.7 Å². The number of nitrogens with zero attached hydrogens (tertiary/aromatic N) is 1. The summed E-state index contributed by atoms with van der Waals surface area (Å²) in [5.41, 5.74) is 6.80. The molecule has 0 saturated carbocycles. The van der Waals surface area contributed by atoms with Gasteiger partial charge in [-0.25, -0.2) is 18.1 Å². The molecule has 19 heavy (non-hydrogen) atoms. The summed E-state index contributed by atoms with van der Waals surface area (Å²) in [6, 6.07) is 7.43. The van der Waals surface area contributed by atoms with E-state index < -0.39 is 10.0 Å². The molecule has 0 aliphatic carbocycles. The first kappa shape index (κ1) is 14.4. The molecule has 0 unspecified atom stereocenters. The van der Waals surface area contributed by atoms with E-state index in [9.17, 15) is 8.42 Å². The van der Waals surface area contributed by atoms with Crippen LogP contribution in [0.25, 0.3) is 0 Å². The first-order chi connectivity index (χ1) is 8.90. The monoisotopic (exact) mass is 361 g/mol. The van der Waals surface area contributed by atoms with Gasteiger partial charge in [-0.2, -0.15) is 0 Å². The molecule has 0 spiro atoms. The van der Waals surface area contributed by atoms with Crippen molar-refractivity contribution in [2.24, 2.45) is 0 Å². The molecule has 0 fully saturated rings. The summed E-state index contributed by atoms with van der Waals surface area (Å²) in [4.78, 5) is 3.92. The number of aryl methyl sites for hydroxylation is 1. The normalized spacial score (nSPS) is 11.7. The van der Waals surface area contributed by atoms with Gasteiger partial charge in [0.15, 0.2) is 9.34 Å². The van der Waals surface area contributed by atoms with E-state index in [0.29, 0.717) is 5.69 Å². The first-order valence-corrected chi connectivity index (χ1v) is 8.45. The predicted molar refractivity (Wildman–Crippen MR) is 79.4 cm³/mol. The quantitative estimate of drug-likeness (QED) is 0.874. The summed E-state index contributed by atoms with van der Waals surface area (Å²) >= 11 is 4.34. The van der Waals surface area contributed by atoms with Crippen LogP contribution in [0.5, 0.6) is 0 Å². The van der Waals surface area contributed by atoms with E-state index in [-0.39, 0.29) is 15.9 Å². The number of nitrogen functional groups attached to an aromatic ring is 1. The van der Waals surface area contributed by atoms with E-state index in [1.165, 1.54) is 0 Å². The summed E-state index contributed by atoms with van der Waals surface area (Å²) in [7, 11) is -3.58. The van der Waals surface area contributed by atoms with Crippen LogP contribution in [0.4, 0.5) is 5.13 Å². The summed E-state index contributed by atoms with van der Waals surface area (Å²) < 4.78 is 27.8. The highest BCUT2D eigenvalue weighted by Gasteiger charge is 2.21. The van der Waals surface area contributed by atoms with E-state index in [1.807, 2.05) is 24.3 Å². The zero-order chi connectivity index (χ0) is 14.0. The van der Waals surface area contributed by atoms with Gasteiger partial charge in [0.2, 0.25) is 0 Å². The van der Waals surface area contributed by atoms with Crippen molar-refractivity contribution in [3.8, 4) is 0 Å². The predicted octanol–water partition coefficient (Wildman–Crippen LogP) is 2.27. The SMILES string of the molecule is Cc1nc(N)sc1S(=O)(=O)NCc1ccccc1Br. The second-order valence-corrected chi connectivity index (χ2v) is 7.69. The number of hydrogen-bond acceptors (Lipinski definition) is 5. The number of aromatic nitrogens is 1. The smallest absolute Gasteiger partial charge is 0.252 e. The van der Waals surface area contributed by atoms with Gasteiger partial charge >= 0.3 is 0 Å². The van der Waals surface area contributed by atoms with Crippen LogP contribution in [0.1, 0.15) is 11.3 Å². The first-order valence-electron chi connectivity index (χ1n) is 5.36. The van der Waals surface area contributed by atoms with Gasteiger partial charge in [-0.1, -0.05) is 45.5 Å². The minimum atomic E-state index is -3.58. The van der Waals surface area contributed by atoms with Crippen molar-refractivity contribution >= 4 is 42.4 Å². The average molecular weight is 362 g/mol. The molecular formula is C11H12BrN3O2S2. The maximum Gasteiger partial charge on any atom is 0.252 e. The van der Waals surface area contributed by atoms with E-state index in [1.54, 1.807) is 6.92 Å². The maximum atomic E-state index is 12.1. The van der Waals surface area contributed by atoms with Crippen molar-refractivity contribution in [3.05, 3.63) is 40.0 Å². The number of sulfonamides is 1. The van der Waals surface area contributed by atoms with Gasteiger partial charge in [0, 0.05) is 11.0 Å². The van der Waals surface area contributed by atoms with Crippen LogP contribution in [0.3, 0.4) is 0 Å².